The zero-order valence-corrected chi connectivity index (χ0v) is 23.0. The van der Waals surface area contributed by atoms with Gasteiger partial charge in [-0.15, -0.1) is 0 Å². The fourth-order valence-corrected chi connectivity index (χ4v) is 6.11. The number of aromatic nitrogens is 4. The number of piperidine rings is 1. The minimum absolute atomic E-state index is 0.511. The second-order valence-corrected chi connectivity index (χ2v) is 11.5. The highest BCUT2D eigenvalue weighted by Crippen LogP contribution is 2.36. The van der Waals surface area contributed by atoms with Crippen LogP contribution < -0.4 is 10.4 Å². The van der Waals surface area contributed by atoms with Gasteiger partial charge in [-0.25, -0.2) is 9.50 Å². The third-order valence-electron chi connectivity index (χ3n) is 8.32. The van der Waals surface area contributed by atoms with Gasteiger partial charge in [-0.2, -0.15) is 5.10 Å². The predicted octanol–water partition coefficient (Wildman–Crippen LogP) is 4.01. The van der Waals surface area contributed by atoms with Gasteiger partial charge in [-0.3, -0.25) is 14.7 Å². The van der Waals surface area contributed by atoms with Crippen LogP contribution in [0, 0.1) is 5.92 Å². The summed E-state index contributed by atoms with van der Waals surface area (Å²) < 4.78 is 1.84. The molecule has 4 aromatic heterocycles. The maximum Gasteiger partial charge on any atom is 0.153 e. The number of aryl methyl sites for hydroxylation is 2. The molecule has 3 aliphatic rings. The molecule has 3 aliphatic heterocycles. The van der Waals surface area contributed by atoms with E-state index in [2.05, 4.69) is 64.9 Å². The molecular formula is C31H35BN6O. The maximum absolute atomic E-state index is 11.8. The van der Waals surface area contributed by atoms with Gasteiger partial charge in [-0.1, -0.05) is 32.3 Å². The summed E-state index contributed by atoms with van der Waals surface area (Å²) in [5, 5.41) is 4.46. The van der Waals surface area contributed by atoms with Crippen molar-refractivity contribution in [2.24, 2.45) is 5.92 Å². The van der Waals surface area contributed by atoms with Gasteiger partial charge in [0.2, 0.25) is 0 Å². The minimum Gasteiger partial charge on any atom is -0.353 e. The van der Waals surface area contributed by atoms with Gasteiger partial charge < -0.3 is 4.90 Å². The van der Waals surface area contributed by atoms with Crippen LogP contribution in [0.5, 0.6) is 0 Å². The van der Waals surface area contributed by atoms with E-state index < -0.39 is 0 Å². The zero-order valence-electron chi connectivity index (χ0n) is 23.0. The highest BCUT2D eigenvalue weighted by atomic mass is 16.1. The van der Waals surface area contributed by atoms with Crippen LogP contribution in [0.4, 0.5) is 5.82 Å². The summed E-state index contributed by atoms with van der Waals surface area (Å²) in [4.78, 5) is 26.2. The number of pyridine rings is 3. The summed E-state index contributed by atoms with van der Waals surface area (Å²) in [6, 6.07) is 9.56. The molecule has 8 heteroatoms. The molecule has 7 heterocycles. The van der Waals surface area contributed by atoms with Gasteiger partial charge in [0.05, 0.1) is 17.3 Å². The second kappa shape index (κ2) is 10.6. The molecule has 7 rings (SSSR count). The Bertz CT molecular complexity index is 1490. The largest absolute Gasteiger partial charge is 0.353 e. The van der Waals surface area contributed by atoms with Gasteiger partial charge in [0.15, 0.2) is 6.29 Å². The van der Waals surface area contributed by atoms with Crippen molar-refractivity contribution in [1.29, 1.82) is 0 Å². The van der Waals surface area contributed by atoms with Crippen molar-refractivity contribution in [3.05, 3.63) is 71.4 Å². The molecule has 7 nitrogen and oxygen atoms in total. The monoisotopic (exact) mass is 518 g/mol. The summed E-state index contributed by atoms with van der Waals surface area (Å²) in [6.45, 7) is 9.38. The smallest absolute Gasteiger partial charge is 0.153 e. The number of fused-ring (bicyclic) bond motifs is 3. The molecule has 0 amide bonds. The van der Waals surface area contributed by atoms with E-state index in [1.807, 2.05) is 23.1 Å². The molecule has 0 N–H and O–H groups in total. The van der Waals surface area contributed by atoms with E-state index in [1.165, 1.54) is 17.5 Å². The first-order valence-corrected chi connectivity index (χ1v) is 14.1. The molecule has 3 saturated heterocycles. The third kappa shape index (κ3) is 4.98. The van der Waals surface area contributed by atoms with Crippen LogP contribution >= 0.6 is 0 Å². The van der Waals surface area contributed by atoms with Crippen molar-refractivity contribution >= 4 is 30.9 Å². The van der Waals surface area contributed by atoms with Crippen molar-refractivity contribution in [3.8, 4) is 11.1 Å². The van der Waals surface area contributed by atoms with Crippen molar-refractivity contribution in [2.45, 2.75) is 65.1 Å². The normalized spacial score (nSPS) is 19.0. The number of piperazine rings is 1. The van der Waals surface area contributed by atoms with Gasteiger partial charge in [0.1, 0.15) is 13.7 Å². The van der Waals surface area contributed by atoms with Gasteiger partial charge in [0.25, 0.3) is 0 Å². The highest BCUT2D eigenvalue weighted by molar-refractivity contribution is 6.33. The molecule has 3 fully saturated rings. The van der Waals surface area contributed by atoms with Gasteiger partial charge in [0, 0.05) is 67.1 Å². The molecule has 0 aliphatic carbocycles. The SMILES string of the molecule is [B]c1cc(CN2C3CC2CN(c2ccc(-c4cc(CCC(C)C)cn5ncc(C=O)c45)cn2)C3)cnc1CC. The molecule has 0 saturated carbocycles. The number of anilines is 1. The number of aldehydes is 1. The minimum atomic E-state index is 0.511. The first-order valence-electron chi connectivity index (χ1n) is 14.1. The van der Waals surface area contributed by atoms with Crippen LogP contribution in [0.2, 0.25) is 0 Å². The Hall–Kier alpha value is -3.52. The Morgan fingerprint density at radius 2 is 1.90 bits per heavy atom. The number of rotatable bonds is 9. The second-order valence-electron chi connectivity index (χ2n) is 11.5. The zero-order chi connectivity index (χ0) is 27.1. The number of carbonyl (C=O) groups excluding carboxylic acids is 1. The Labute approximate surface area is 231 Å². The highest BCUT2D eigenvalue weighted by Gasteiger charge is 2.44. The van der Waals surface area contributed by atoms with Crippen LogP contribution in [0.1, 0.15) is 60.8 Å². The van der Waals surface area contributed by atoms with Crippen LogP contribution in [0.25, 0.3) is 16.6 Å². The molecule has 0 aromatic carbocycles. The van der Waals surface area contributed by atoms with E-state index >= 15 is 0 Å². The van der Waals surface area contributed by atoms with Gasteiger partial charge >= 0.3 is 0 Å². The van der Waals surface area contributed by atoms with E-state index in [-0.39, 0.29) is 0 Å². The lowest BCUT2D eigenvalue weighted by molar-refractivity contribution is -0.00874. The van der Waals surface area contributed by atoms with Crippen molar-refractivity contribution in [1.82, 2.24) is 24.5 Å². The van der Waals surface area contributed by atoms with Crippen molar-refractivity contribution < 1.29 is 4.79 Å². The average molecular weight is 518 g/mol. The van der Waals surface area contributed by atoms with E-state index in [4.69, 9.17) is 12.8 Å². The molecule has 4 aromatic rings. The van der Waals surface area contributed by atoms with E-state index in [0.717, 1.165) is 78.8 Å². The van der Waals surface area contributed by atoms with Crippen LogP contribution in [-0.2, 0) is 19.4 Å². The van der Waals surface area contributed by atoms with Crippen LogP contribution in [0.3, 0.4) is 0 Å². The predicted molar refractivity (Wildman–Crippen MR) is 156 cm³/mol. The summed E-state index contributed by atoms with van der Waals surface area (Å²) in [7, 11) is 6.19. The molecule has 39 heavy (non-hydrogen) atoms. The van der Waals surface area contributed by atoms with Crippen molar-refractivity contribution in [2.75, 3.05) is 18.0 Å². The van der Waals surface area contributed by atoms with E-state index in [1.54, 1.807) is 6.20 Å². The molecule has 2 atom stereocenters. The standard InChI is InChI=1S/C31H35BN6O/c1-4-29-28(32)10-22(12-33-29)15-37-25-11-26(37)18-36(17-25)30-8-7-23(13-34-30)27-9-21(6-5-20(2)3)16-38-31(27)24(19-39)14-35-38/h7-10,12-14,16,19-20,25-26H,4-6,11,15,17-18H2,1-3H3. The Morgan fingerprint density at radius 3 is 2.56 bits per heavy atom. The Morgan fingerprint density at radius 1 is 1.08 bits per heavy atom. The van der Waals surface area contributed by atoms with E-state index in [0.29, 0.717) is 23.6 Å². The summed E-state index contributed by atoms with van der Waals surface area (Å²) in [6.07, 6.45) is 12.7. The molecule has 198 valence electrons. The number of hydrogen-bond donors (Lipinski definition) is 0. The lowest BCUT2D eigenvalue weighted by Crippen LogP contribution is -2.68. The fourth-order valence-electron chi connectivity index (χ4n) is 6.11. The van der Waals surface area contributed by atoms with Crippen LogP contribution in [-0.4, -0.2) is 63.8 Å². The summed E-state index contributed by atoms with van der Waals surface area (Å²) >= 11 is 0. The molecule has 0 spiro atoms. The van der Waals surface area contributed by atoms with Crippen LogP contribution in [0.15, 0.2) is 49.1 Å². The first-order chi connectivity index (χ1) is 18.9. The Balaban J connectivity index is 1.19. The Kier molecular flexibility index (Phi) is 6.98. The summed E-state index contributed by atoms with van der Waals surface area (Å²) in [5.74, 6) is 1.62. The number of carbonyl (C=O) groups is 1. The lowest BCUT2D eigenvalue weighted by atomic mass is 9.86. The molecule has 2 radical (unpaired) electrons. The summed E-state index contributed by atoms with van der Waals surface area (Å²) in [5.41, 5.74) is 7.62. The van der Waals surface area contributed by atoms with Gasteiger partial charge in [-0.05, 0) is 60.9 Å². The molecule has 2 bridgehead atoms. The van der Waals surface area contributed by atoms with E-state index in [9.17, 15) is 4.79 Å². The quantitative estimate of drug-likeness (QED) is 0.247. The maximum atomic E-state index is 11.8. The first kappa shape index (κ1) is 25.7. The fraction of sp³-hybridized carbons (Fsp3) is 0.419. The average Bonchev–Trinajstić information content (AvgIpc) is 3.38. The molecular weight excluding hydrogens is 483 g/mol. The third-order valence-corrected chi connectivity index (χ3v) is 8.32. The van der Waals surface area contributed by atoms with Crippen molar-refractivity contribution in [3.63, 3.8) is 0 Å². The molecule has 2 unspecified atom stereocenters. The number of hydrogen-bond acceptors (Lipinski definition) is 6. The number of nitrogens with zero attached hydrogens (tertiary/aromatic N) is 6. The topological polar surface area (TPSA) is 66.6 Å². The lowest BCUT2D eigenvalue weighted by Gasteiger charge is -2.56.